The van der Waals surface area contributed by atoms with Crippen molar-refractivity contribution in [2.75, 3.05) is 32.2 Å². The first-order valence-corrected chi connectivity index (χ1v) is 15.4. The zero-order chi connectivity index (χ0) is 31.2. The van der Waals surface area contributed by atoms with Crippen LogP contribution in [0.15, 0.2) is 67.4 Å². The van der Waals surface area contributed by atoms with E-state index in [1.165, 1.54) is 6.07 Å². The summed E-state index contributed by atoms with van der Waals surface area (Å²) in [7, 11) is -0.0148. The third-order valence-corrected chi connectivity index (χ3v) is 8.26. The highest BCUT2D eigenvalue weighted by Gasteiger charge is 2.21. The average Bonchev–Trinajstić information content (AvgIpc) is 3.59. The van der Waals surface area contributed by atoms with Gasteiger partial charge in [0.2, 0.25) is 5.91 Å². The number of amides is 1. The molecule has 44 heavy (non-hydrogen) atoms. The van der Waals surface area contributed by atoms with Gasteiger partial charge in [-0.3, -0.25) is 19.9 Å². The molecule has 0 aliphatic rings. The monoisotopic (exact) mass is 613 g/mol. The number of sulfone groups is 1. The number of H-pyrrole nitrogens is 2. The predicted molar refractivity (Wildman–Crippen MR) is 167 cm³/mol. The van der Waals surface area contributed by atoms with Gasteiger partial charge in [0.05, 0.1) is 41.5 Å². The summed E-state index contributed by atoms with van der Waals surface area (Å²) in [6.45, 7) is 0.242. The van der Waals surface area contributed by atoms with Crippen LogP contribution in [-0.4, -0.2) is 76.3 Å². The largest absolute Gasteiger partial charge is 0.352 e. The van der Waals surface area contributed by atoms with Gasteiger partial charge < -0.3 is 20.9 Å². The second kappa shape index (κ2) is 11.2. The van der Waals surface area contributed by atoms with E-state index in [1.54, 1.807) is 42.0 Å². The summed E-state index contributed by atoms with van der Waals surface area (Å²) in [5.41, 5.74) is 11.7. The number of hydrogen-bond acceptors (Lipinski definition) is 9. The van der Waals surface area contributed by atoms with Crippen molar-refractivity contribution in [2.24, 2.45) is 5.73 Å². The number of likely N-dealkylation sites (N-methyl/N-ethyl adjacent to an activating group) is 1. The van der Waals surface area contributed by atoms with Crippen molar-refractivity contribution in [3.8, 4) is 33.6 Å². The molecular formula is C30H28FN9O3S. The van der Waals surface area contributed by atoms with E-state index in [1.807, 2.05) is 32.3 Å². The van der Waals surface area contributed by atoms with Crippen molar-refractivity contribution in [2.45, 2.75) is 5.37 Å². The SMILES string of the molecule is CN(C)CC(=O)Nc1cncc(-c2cnc3n[nH]c(-c4cc5c(-c6cc(F)cc(C(N)S(C)(=O)=O)c6)cncc5[nH]4)c3c2)c1. The fourth-order valence-electron chi connectivity index (χ4n) is 5.01. The Hall–Kier alpha value is -5.05. The molecule has 0 saturated heterocycles. The number of nitrogens with zero attached hydrogens (tertiary/aromatic N) is 5. The van der Waals surface area contributed by atoms with Crippen molar-refractivity contribution in [1.29, 1.82) is 0 Å². The van der Waals surface area contributed by atoms with E-state index < -0.39 is 21.0 Å². The zero-order valence-electron chi connectivity index (χ0n) is 24.0. The quantitative estimate of drug-likeness (QED) is 0.199. The first-order chi connectivity index (χ1) is 21.0. The summed E-state index contributed by atoms with van der Waals surface area (Å²) in [6.07, 6.45) is 9.20. The van der Waals surface area contributed by atoms with Gasteiger partial charge in [-0.1, -0.05) is 0 Å². The first-order valence-electron chi connectivity index (χ1n) is 13.4. The Morgan fingerprint density at radius 1 is 0.977 bits per heavy atom. The first kappa shape index (κ1) is 29.0. The molecule has 0 aliphatic carbocycles. The number of aromatic amines is 2. The Bertz CT molecular complexity index is 2160. The molecule has 12 nitrogen and oxygen atoms in total. The highest BCUT2D eigenvalue weighted by Crippen LogP contribution is 2.35. The van der Waals surface area contributed by atoms with E-state index in [9.17, 15) is 17.6 Å². The highest BCUT2D eigenvalue weighted by molar-refractivity contribution is 7.90. The van der Waals surface area contributed by atoms with E-state index in [2.05, 4.69) is 35.5 Å². The van der Waals surface area contributed by atoms with Crippen LogP contribution in [0, 0.1) is 5.82 Å². The molecule has 5 heterocycles. The minimum atomic E-state index is -3.65. The van der Waals surface area contributed by atoms with Gasteiger partial charge in [-0.15, -0.1) is 0 Å². The second-order valence-electron chi connectivity index (χ2n) is 10.8. The summed E-state index contributed by atoms with van der Waals surface area (Å²) < 4.78 is 38.8. The second-order valence-corrected chi connectivity index (χ2v) is 13.0. The third-order valence-electron chi connectivity index (χ3n) is 7.06. The van der Waals surface area contributed by atoms with Gasteiger partial charge in [0.15, 0.2) is 15.5 Å². The number of carbonyl (C=O) groups excluding carboxylic acids is 1. The molecule has 1 atom stereocenters. The lowest BCUT2D eigenvalue weighted by molar-refractivity contribution is -0.116. The number of halogens is 1. The van der Waals surface area contributed by atoms with Crippen LogP contribution in [-0.2, 0) is 14.6 Å². The van der Waals surface area contributed by atoms with Crippen molar-refractivity contribution in [1.82, 2.24) is 35.0 Å². The van der Waals surface area contributed by atoms with Crippen LogP contribution in [0.4, 0.5) is 10.1 Å². The number of nitrogens with two attached hydrogens (primary N) is 1. The summed E-state index contributed by atoms with van der Waals surface area (Å²) in [6, 6.07) is 9.64. The smallest absolute Gasteiger partial charge is 0.238 e. The number of anilines is 1. The van der Waals surface area contributed by atoms with Gasteiger partial charge in [-0.05, 0) is 61.6 Å². The number of nitrogens with one attached hydrogen (secondary N) is 3. The van der Waals surface area contributed by atoms with E-state index in [0.29, 0.717) is 39.4 Å². The number of fused-ring (bicyclic) bond motifs is 2. The number of pyridine rings is 3. The Morgan fingerprint density at radius 2 is 1.75 bits per heavy atom. The Balaban J connectivity index is 1.39. The molecule has 0 radical (unpaired) electrons. The Kier molecular flexibility index (Phi) is 7.41. The van der Waals surface area contributed by atoms with Gasteiger partial charge in [0.25, 0.3) is 0 Å². The predicted octanol–water partition coefficient (Wildman–Crippen LogP) is 3.87. The lowest BCUT2D eigenvalue weighted by Gasteiger charge is -2.12. The molecular weight excluding hydrogens is 585 g/mol. The molecule has 0 spiro atoms. The molecule has 6 rings (SSSR count). The lowest BCUT2D eigenvalue weighted by atomic mass is 10.0. The fraction of sp³-hybridized carbons (Fsp3) is 0.167. The molecule has 5 N–H and O–H groups in total. The summed E-state index contributed by atoms with van der Waals surface area (Å²) in [4.78, 5) is 30.5. The Labute approximate surface area is 251 Å². The molecule has 0 bridgehead atoms. The van der Waals surface area contributed by atoms with Crippen LogP contribution in [0.25, 0.3) is 55.6 Å². The van der Waals surface area contributed by atoms with Crippen molar-refractivity contribution >= 4 is 43.4 Å². The minimum Gasteiger partial charge on any atom is -0.352 e. The van der Waals surface area contributed by atoms with Crippen molar-refractivity contribution < 1.29 is 17.6 Å². The topological polar surface area (TPSA) is 176 Å². The molecule has 0 fully saturated rings. The van der Waals surface area contributed by atoms with Gasteiger partial charge in [0, 0.05) is 52.3 Å². The van der Waals surface area contributed by atoms with E-state index in [0.717, 1.165) is 34.2 Å². The van der Waals surface area contributed by atoms with E-state index in [4.69, 9.17) is 5.73 Å². The number of benzene rings is 1. The van der Waals surface area contributed by atoms with E-state index >= 15 is 0 Å². The number of aromatic nitrogens is 6. The van der Waals surface area contributed by atoms with Crippen LogP contribution in [0.2, 0.25) is 0 Å². The Morgan fingerprint density at radius 3 is 2.52 bits per heavy atom. The van der Waals surface area contributed by atoms with Crippen LogP contribution in [0.1, 0.15) is 10.9 Å². The van der Waals surface area contributed by atoms with Crippen molar-refractivity contribution in [3.05, 3.63) is 78.8 Å². The van der Waals surface area contributed by atoms with Crippen LogP contribution in [0.3, 0.4) is 0 Å². The molecule has 5 aromatic heterocycles. The summed E-state index contributed by atoms with van der Waals surface area (Å²) in [5, 5.41) is 10.4. The standard InChI is InChI=1S/C30H28FN9O3S/c1-40(2)15-27(41)36-21-7-18(10-33-12-21)19-8-23-28(38-39-30(23)35-11-19)25-9-22-24(13-34-14-26(22)37-25)16-4-17(6-20(31)5-16)29(32)44(3,42)43/h4-14,29,37H,15,32H2,1-3H3,(H,36,41)(H,35,38,39). The molecule has 224 valence electrons. The van der Waals surface area contributed by atoms with Gasteiger partial charge in [-0.2, -0.15) is 5.10 Å². The number of rotatable bonds is 8. The van der Waals surface area contributed by atoms with Crippen LogP contribution < -0.4 is 11.1 Å². The minimum absolute atomic E-state index is 0.143. The molecule has 0 aliphatic heterocycles. The summed E-state index contributed by atoms with van der Waals surface area (Å²) >= 11 is 0. The lowest BCUT2D eigenvalue weighted by Crippen LogP contribution is -2.27. The maximum Gasteiger partial charge on any atom is 0.238 e. The van der Waals surface area contributed by atoms with Gasteiger partial charge >= 0.3 is 0 Å². The zero-order valence-corrected chi connectivity index (χ0v) is 24.8. The van der Waals surface area contributed by atoms with E-state index in [-0.39, 0.29) is 18.0 Å². The molecule has 0 saturated carbocycles. The van der Waals surface area contributed by atoms with Gasteiger partial charge in [-0.25, -0.2) is 17.8 Å². The van der Waals surface area contributed by atoms with Gasteiger partial charge in [0.1, 0.15) is 11.2 Å². The molecule has 1 unspecified atom stereocenters. The average molecular weight is 614 g/mol. The summed E-state index contributed by atoms with van der Waals surface area (Å²) in [5.74, 6) is -0.765. The fourth-order valence-corrected chi connectivity index (χ4v) is 5.64. The number of hydrogen-bond donors (Lipinski definition) is 4. The molecule has 1 amide bonds. The third kappa shape index (κ3) is 5.77. The van der Waals surface area contributed by atoms with Crippen LogP contribution in [0.5, 0.6) is 0 Å². The van der Waals surface area contributed by atoms with Crippen LogP contribution >= 0.6 is 0 Å². The molecule has 6 aromatic rings. The number of carbonyl (C=O) groups is 1. The molecule has 1 aromatic carbocycles. The normalized spacial score (nSPS) is 12.7. The maximum absolute atomic E-state index is 14.7. The van der Waals surface area contributed by atoms with Crippen molar-refractivity contribution in [3.63, 3.8) is 0 Å². The highest BCUT2D eigenvalue weighted by atomic mass is 32.2. The maximum atomic E-state index is 14.7. The molecule has 14 heteroatoms.